The van der Waals surface area contributed by atoms with Gasteiger partial charge in [-0.25, -0.2) is 4.98 Å². The van der Waals surface area contributed by atoms with Crippen LogP contribution in [-0.2, 0) is 6.42 Å². The number of aromatic nitrogens is 2. The van der Waals surface area contributed by atoms with Crippen molar-refractivity contribution in [3.05, 3.63) is 18.2 Å². The molecule has 0 spiro atoms. The van der Waals surface area contributed by atoms with Crippen LogP contribution in [0, 0.1) is 0 Å². The van der Waals surface area contributed by atoms with E-state index in [1.165, 1.54) is 18.7 Å². The fourth-order valence-electron chi connectivity index (χ4n) is 1.23. The van der Waals surface area contributed by atoms with E-state index in [2.05, 4.69) is 28.8 Å². The minimum absolute atomic E-state index is 1.07. The first-order chi connectivity index (χ1) is 5.83. The summed E-state index contributed by atoms with van der Waals surface area (Å²) >= 11 is 0. The second kappa shape index (κ2) is 4.93. The smallest absolute Gasteiger partial charge is 0.0921 e. The molecule has 0 atom stereocenters. The molecule has 0 unspecified atom stereocenters. The second-order valence-corrected chi connectivity index (χ2v) is 3.13. The van der Waals surface area contributed by atoms with Gasteiger partial charge in [-0.1, -0.05) is 6.92 Å². The summed E-state index contributed by atoms with van der Waals surface area (Å²) in [6.07, 6.45) is 5.91. The molecule has 0 amide bonds. The van der Waals surface area contributed by atoms with Crippen molar-refractivity contribution in [2.45, 2.75) is 19.8 Å². The monoisotopic (exact) mass is 167 g/mol. The number of nitrogens with one attached hydrogen (secondary N) is 1. The number of nitrogens with zero attached hydrogens (tertiary/aromatic N) is 2. The van der Waals surface area contributed by atoms with Crippen molar-refractivity contribution in [2.75, 3.05) is 20.1 Å². The van der Waals surface area contributed by atoms with Crippen molar-refractivity contribution in [3.63, 3.8) is 0 Å². The summed E-state index contributed by atoms with van der Waals surface area (Å²) in [7, 11) is 2.15. The molecular weight excluding hydrogens is 150 g/mol. The number of rotatable bonds is 5. The highest BCUT2D eigenvalue weighted by molar-refractivity contribution is 4.94. The molecule has 1 aromatic rings. The van der Waals surface area contributed by atoms with E-state index in [4.69, 9.17) is 0 Å². The molecule has 3 nitrogen and oxygen atoms in total. The van der Waals surface area contributed by atoms with Crippen molar-refractivity contribution >= 4 is 0 Å². The first-order valence-corrected chi connectivity index (χ1v) is 4.48. The maximum atomic E-state index is 3.97. The Kier molecular flexibility index (Phi) is 3.80. The van der Waals surface area contributed by atoms with Crippen molar-refractivity contribution in [1.29, 1.82) is 0 Å². The predicted octanol–water partition coefficient (Wildman–Crippen LogP) is 1.29. The highest BCUT2D eigenvalue weighted by Gasteiger charge is 1.97. The average Bonchev–Trinajstić information content (AvgIpc) is 2.53. The molecule has 0 fully saturated rings. The lowest BCUT2D eigenvalue weighted by molar-refractivity contribution is 0.338. The Hall–Kier alpha value is -0.830. The summed E-state index contributed by atoms with van der Waals surface area (Å²) in [5, 5.41) is 0. The summed E-state index contributed by atoms with van der Waals surface area (Å²) in [5.41, 5.74) is 1.22. The molecular formula is C9H17N3. The van der Waals surface area contributed by atoms with Gasteiger partial charge < -0.3 is 9.88 Å². The molecule has 0 radical (unpaired) electrons. The van der Waals surface area contributed by atoms with Gasteiger partial charge in [-0.15, -0.1) is 0 Å². The van der Waals surface area contributed by atoms with E-state index in [9.17, 15) is 0 Å². The van der Waals surface area contributed by atoms with E-state index in [0.29, 0.717) is 0 Å². The number of hydrogen-bond donors (Lipinski definition) is 1. The third-order valence-electron chi connectivity index (χ3n) is 1.92. The first-order valence-electron chi connectivity index (χ1n) is 4.48. The minimum atomic E-state index is 1.07. The van der Waals surface area contributed by atoms with Gasteiger partial charge in [0.25, 0.3) is 0 Å². The number of aromatic amines is 1. The van der Waals surface area contributed by atoms with Crippen LogP contribution in [0.25, 0.3) is 0 Å². The van der Waals surface area contributed by atoms with Crippen LogP contribution in [0.2, 0.25) is 0 Å². The van der Waals surface area contributed by atoms with E-state index in [-0.39, 0.29) is 0 Å². The zero-order valence-corrected chi connectivity index (χ0v) is 7.88. The van der Waals surface area contributed by atoms with Gasteiger partial charge >= 0.3 is 0 Å². The van der Waals surface area contributed by atoms with Gasteiger partial charge in [0.05, 0.1) is 6.33 Å². The highest BCUT2D eigenvalue weighted by atomic mass is 15.1. The van der Waals surface area contributed by atoms with Crippen LogP contribution in [-0.4, -0.2) is 35.0 Å². The van der Waals surface area contributed by atoms with Gasteiger partial charge in [0, 0.05) is 24.9 Å². The number of H-pyrrole nitrogens is 1. The maximum Gasteiger partial charge on any atom is 0.0921 e. The fraction of sp³-hybridized carbons (Fsp3) is 0.667. The molecule has 0 aliphatic carbocycles. The molecule has 68 valence electrons. The molecule has 0 aliphatic rings. The van der Waals surface area contributed by atoms with Crippen LogP contribution >= 0.6 is 0 Å². The molecule has 0 saturated heterocycles. The van der Waals surface area contributed by atoms with Crippen LogP contribution in [0.3, 0.4) is 0 Å². The van der Waals surface area contributed by atoms with Crippen LogP contribution in [0.4, 0.5) is 0 Å². The summed E-state index contributed by atoms with van der Waals surface area (Å²) in [4.78, 5) is 9.40. The highest BCUT2D eigenvalue weighted by Crippen LogP contribution is 1.95. The predicted molar refractivity (Wildman–Crippen MR) is 50.1 cm³/mol. The molecule has 3 heteroatoms. The summed E-state index contributed by atoms with van der Waals surface area (Å²) in [5.74, 6) is 0. The Balaban J connectivity index is 2.17. The van der Waals surface area contributed by atoms with Crippen LogP contribution in [0.5, 0.6) is 0 Å². The van der Waals surface area contributed by atoms with Gasteiger partial charge in [-0.05, 0) is 20.0 Å². The zero-order chi connectivity index (χ0) is 8.81. The van der Waals surface area contributed by atoms with Crippen molar-refractivity contribution in [1.82, 2.24) is 14.9 Å². The molecule has 0 aliphatic heterocycles. The van der Waals surface area contributed by atoms with E-state index in [1.54, 1.807) is 6.33 Å². The molecule has 1 aromatic heterocycles. The van der Waals surface area contributed by atoms with Gasteiger partial charge in [-0.2, -0.15) is 0 Å². The maximum absolute atomic E-state index is 3.97. The summed E-state index contributed by atoms with van der Waals surface area (Å²) in [6, 6.07) is 0. The summed E-state index contributed by atoms with van der Waals surface area (Å²) in [6.45, 7) is 4.48. The molecule has 0 aromatic carbocycles. The number of hydrogen-bond acceptors (Lipinski definition) is 2. The largest absolute Gasteiger partial charge is 0.348 e. The lowest BCUT2D eigenvalue weighted by Crippen LogP contribution is -2.21. The van der Waals surface area contributed by atoms with Crippen molar-refractivity contribution in [3.8, 4) is 0 Å². The quantitative estimate of drug-likeness (QED) is 0.716. The topological polar surface area (TPSA) is 31.9 Å². The first kappa shape index (κ1) is 9.26. The zero-order valence-electron chi connectivity index (χ0n) is 7.88. The molecule has 0 saturated carbocycles. The molecule has 12 heavy (non-hydrogen) atoms. The third kappa shape index (κ3) is 3.05. The lowest BCUT2D eigenvalue weighted by Gasteiger charge is -2.13. The van der Waals surface area contributed by atoms with Gasteiger partial charge in [0.15, 0.2) is 0 Å². The SMILES string of the molecule is CCCN(C)CCc1cnc[nH]1. The molecule has 1 heterocycles. The average molecular weight is 167 g/mol. The van der Waals surface area contributed by atoms with Gasteiger partial charge in [-0.3, -0.25) is 0 Å². The van der Waals surface area contributed by atoms with Crippen molar-refractivity contribution < 1.29 is 0 Å². The van der Waals surface area contributed by atoms with Gasteiger partial charge in [0.1, 0.15) is 0 Å². The molecule has 1 rings (SSSR count). The van der Waals surface area contributed by atoms with Crippen molar-refractivity contribution in [2.24, 2.45) is 0 Å². The second-order valence-electron chi connectivity index (χ2n) is 3.13. The lowest BCUT2D eigenvalue weighted by atomic mass is 10.3. The summed E-state index contributed by atoms with van der Waals surface area (Å²) < 4.78 is 0. The van der Waals surface area contributed by atoms with E-state index >= 15 is 0 Å². The Morgan fingerprint density at radius 3 is 2.92 bits per heavy atom. The Morgan fingerprint density at radius 1 is 1.50 bits per heavy atom. The standard InChI is InChI=1S/C9H17N3/c1-3-5-12(2)6-4-9-7-10-8-11-9/h7-8H,3-6H2,1-2H3,(H,10,11). The fourth-order valence-corrected chi connectivity index (χ4v) is 1.23. The number of likely N-dealkylation sites (N-methyl/N-ethyl adjacent to an activating group) is 1. The normalized spacial score (nSPS) is 10.9. The van der Waals surface area contributed by atoms with Crippen LogP contribution in [0.1, 0.15) is 19.0 Å². The molecule has 0 bridgehead atoms. The van der Waals surface area contributed by atoms with Crippen LogP contribution < -0.4 is 0 Å². The minimum Gasteiger partial charge on any atom is -0.348 e. The van der Waals surface area contributed by atoms with Crippen LogP contribution in [0.15, 0.2) is 12.5 Å². The van der Waals surface area contributed by atoms with E-state index < -0.39 is 0 Å². The molecule has 1 N–H and O–H groups in total. The number of imidazole rings is 1. The Bertz CT molecular complexity index is 194. The Morgan fingerprint density at radius 2 is 2.33 bits per heavy atom. The van der Waals surface area contributed by atoms with E-state index in [0.717, 1.165) is 13.0 Å². The Labute approximate surface area is 73.8 Å². The van der Waals surface area contributed by atoms with E-state index in [1.807, 2.05) is 6.20 Å². The van der Waals surface area contributed by atoms with Gasteiger partial charge in [0.2, 0.25) is 0 Å². The third-order valence-corrected chi connectivity index (χ3v) is 1.92.